The smallest absolute Gasteiger partial charge is 0.223 e. The highest BCUT2D eigenvalue weighted by molar-refractivity contribution is 5.38. The van der Waals surface area contributed by atoms with Gasteiger partial charge in [-0.3, -0.25) is 0 Å². The summed E-state index contributed by atoms with van der Waals surface area (Å²) < 4.78 is 4.82. The first-order valence-corrected chi connectivity index (χ1v) is 4.68. The third-order valence-electron chi connectivity index (χ3n) is 1.86. The lowest BCUT2D eigenvalue weighted by Crippen LogP contribution is -2.03. The maximum absolute atomic E-state index is 8.67. The van der Waals surface area contributed by atoms with Crippen LogP contribution >= 0.6 is 0 Å². The molecule has 0 spiro atoms. The number of anilines is 1. The van der Waals surface area contributed by atoms with Crippen molar-refractivity contribution in [3.05, 3.63) is 35.6 Å². The number of pyridine rings is 1. The van der Waals surface area contributed by atoms with Crippen molar-refractivity contribution in [3.8, 4) is 6.07 Å². The normalized spacial score (nSPS) is 9.75. The molecule has 6 nitrogen and oxygen atoms in total. The molecule has 80 valence electrons. The number of hydrogen-bond donors (Lipinski definition) is 1. The van der Waals surface area contributed by atoms with Crippen LogP contribution in [0.25, 0.3) is 0 Å². The predicted octanol–water partition coefficient (Wildman–Crippen LogP) is 1.26. The minimum Gasteiger partial charge on any atom is -0.363 e. The summed E-state index contributed by atoms with van der Waals surface area (Å²) in [4.78, 5) is 8.09. The number of nitrogens with one attached hydrogen (secondary N) is 1. The first-order chi connectivity index (χ1) is 7.78. The molecule has 0 saturated heterocycles. The van der Waals surface area contributed by atoms with Crippen molar-refractivity contribution in [1.29, 1.82) is 5.26 Å². The molecular weight excluding hydrogens is 206 g/mol. The highest BCUT2D eigenvalue weighted by atomic mass is 16.5. The van der Waals surface area contributed by atoms with E-state index in [0.29, 0.717) is 29.8 Å². The fourth-order valence-corrected chi connectivity index (χ4v) is 1.18. The maximum atomic E-state index is 8.67. The van der Waals surface area contributed by atoms with Gasteiger partial charge in [0.2, 0.25) is 5.89 Å². The third-order valence-corrected chi connectivity index (χ3v) is 1.86. The third kappa shape index (κ3) is 2.33. The Morgan fingerprint density at radius 2 is 2.31 bits per heavy atom. The van der Waals surface area contributed by atoms with Crippen molar-refractivity contribution < 1.29 is 4.52 Å². The second-order valence-corrected chi connectivity index (χ2v) is 3.10. The van der Waals surface area contributed by atoms with Crippen molar-refractivity contribution in [2.45, 2.75) is 13.5 Å². The lowest BCUT2D eigenvalue weighted by atomic mass is 10.3. The highest BCUT2D eigenvalue weighted by Crippen LogP contribution is 2.05. The molecule has 0 bridgehead atoms. The van der Waals surface area contributed by atoms with Gasteiger partial charge in [0.05, 0.1) is 6.54 Å². The number of aryl methyl sites for hydroxylation is 1. The molecule has 0 radical (unpaired) electrons. The molecule has 0 aliphatic rings. The quantitative estimate of drug-likeness (QED) is 0.829. The Bertz CT molecular complexity index is 528. The van der Waals surface area contributed by atoms with Crippen molar-refractivity contribution >= 4 is 5.82 Å². The van der Waals surface area contributed by atoms with Gasteiger partial charge < -0.3 is 9.84 Å². The summed E-state index contributed by atoms with van der Waals surface area (Å²) >= 11 is 0. The van der Waals surface area contributed by atoms with Crippen LogP contribution in [0.3, 0.4) is 0 Å². The van der Waals surface area contributed by atoms with Gasteiger partial charge in [-0.25, -0.2) is 4.98 Å². The fraction of sp³-hybridized carbons (Fsp3) is 0.200. The molecule has 0 amide bonds. The molecule has 6 heteroatoms. The van der Waals surface area contributed by atoms with Gasteiger partial charge in [0.15, 0.2) is 5.82 Å². The first kappa shape index (κ1) is 10.1. The number of rotatable bonds is 3. The topological polar surface area (TPSA) is 87.6 Å². The SMILES string of the molecule is Cc1nc(CNc2cccc(C#N)n2)no1. The van der Waals surface area contributed by atoms with Gasteiger partial charge >= 0.3 is 0 Å². The summed E-state index contributed by atoms with van der Waals surface area (Å²) in [6.45, 7) is 2.14. The fourth-order valence-electron chi connectivity index (χ4n) is 1.18. The molecule has 0 aromatic carbocycles. The number of hydrogen-bond acceptors (Lipinski definition) is 6. The highest BCUT2D eigenvalue weighted by Gasteiger charge is 2.02. The monoisotopic (exact) mass is 215 g/mol. The predicted molar refractivity (Wildman–Crippen MR) is 55.3 cm³/mol. The van der Waals surface area contributed by atoms with Gasteiger partial charge in [0, 0.05) is 6.92 Å². The summed E-state index contributed by atoms with van der Waals surface area (Å²) in [5, 5.41) is 15.4. The van der Waals surface area contributed by atoms with Crippen LogP contribution < -0.4 is 5.32 Å². The van der Waals surface area contributed by atoms with E-state index in [2.05, 4.69) is 20.4 Å². The number of nitrogens with zero attached hydrogens (tertiary/aromatic N) is 4. The van der Waals surface area contributed by atoms with Crippen LogP contribution in [-0.4, -0.2) is 15.1 Å². The molecule has 0 aliphatic carbocycles. The van der Waals surface area contributed by atoms with Gasteiger partial charge in [-0.2, -0.15) is 10.2 Å². The van der Waals surface area contributed by atoms with Gasteiger partial charge in [0.25, 0.3) is 0 Å². The Morgan fingerprint density at radius 3 is 3.00 bits per heavy atom. The van der Waals surface area contributed by atoms with E-state index in [0.717, 1.165) is 0 Å². The van der Waals surface area contributed by atoms with E-state index in [4.69, 9.17) is 9.78 Å². The largest absolute Gasteiger partial charge is 0.363 e. The minimum atomic E-state index is 0.370. The van der Waals surface area contributed by atoms with E-state index in [1.165, 1.54) is 0 Å². The van der Waals surface area contributed by atoms with Gasteiger partial charge in [-0.15, -0.1) is 0 Å². The summed E-state index contributed by atoms with van der Waals surface area (Å²) in [5.74, 6) is 1.69. The molecule has 0 atom stereocenters. The molecule has 2 aromatic rings. The second-order valence-electron chi connectivity index (χ2n) is 3.10. The zero-order valence-electron chi connectivity index (χ0n) is 8.64. The van der Waals surface area contributed by atoms with Crippen LogP contribution in [0, 0.1) is 18.3 Å². The average Bonchev–Trinajstić information content (AvgIpc) is 2.73. The lowest BCUT2D eigenvalue weighted by Gasteiger charge is -2.01. The van der Waals surface area contributed by atoms with E-state index >= 15 is 0 Å². The summed E-state index contributed by atoms with van der Waals surface area (Å²) in [7, 11) is 0. The Labute approximate surface area is 91.9 Å². The van der Waals surface area contributed by atoms with Crippen LogP contribution in [0.5, 0.6) is 0 Å². The molecule has 0 fully saturated rings. The van der Waals surface area contributed by atoms with Crippen molar-refractivity contribution in [2.24, 2.45) is 0 Å². The number of nitriles is 1. The molecule has 0 aliphatic heterocycles. The molecule has 2 rings (SSSR count). The Morgan fingerprint density at radius 1 is 1.44 bits per heavy atom. The van der Waals surface area contributed by atoms with Crippen molar-refractivity contribution in [1.82, 2.24) is 15.1 Å². The second kappa shape index (κ2) is 4.40. The Kier molecular flexibility index (Phi) is 2.78. The minimum absolute atomic E-state index is 0.370. The molecule has 0 unspecified atom stereocenters. The van der Waals surface area contributed by atoms with E-state index in [1.807, 2.05) is 6.07 Å². The van der Waals surface area contributed by atoms with Crippen LogP contribution in [0.15, 0.2) is 22.7 Å². The van der Waals surface area contributed by atoms with E-state index < -0.39 is 0 Å². The van der Waals surface area contributed by atoms with E-state index in [1.54, 1.807) is 25.1 Å². The van der Waals surface area contributed by atoms with E-state index in [9.17, 15) is 0 Å². The summed E-state index contributed by atoms with van der Waals surface area (Å²) in [5.41, 5.74) is 0.370. The van der Waals surface area contributed by atoms with Crippen LogP contribution in [0.2, 0.25) is 0 Å². The van der Waals surface area contributed by atoms with Crippen molar-refractivity contribution in [3.63, 3.8) is 0 Å². The summed E-state index contributed by atoms with van der Waals surface area (Å²) in [6.07, 6.45) is 0. The van der Waals surface area contributed by atoms with Crippen molar-refractivity contribution in [2.75, 3.05) is 5.32 Å². The average molecular weight is 215 g/mol. The molecular formula is C10H9N5O. The molecule has 2 aromatic heterocycles. The van der Waals surface area contributed by atoms with Gasteiger partial charge in [0.1, 0.15) is 17.6 Å². The molecule has 1 N–H and O–H groups in total. The van der Waals surface area contributed by atoms with Crippen LogP contribution in [0.4, 0.5) is 5.82 Å². The molecule has 0 saturated carbocycles. The van der Waals surface area contributed by atoms with Gasteiger partial charge in [-0.05, 0) is 12.1 Å². The summed E-state index contributed by atoms with van der Waals surface area (Å²) in [6, 6.07) is 7.14. The Balaban J connectivity index is 2.02. The first-order valence-electron chi connectivity index (χ1n) is 4.68. The zero-order valence-corrected chi connectivity index (χ0v) is 8.64. The lowest BCUT2D eigenvalue weighted by molar-refractivity contribution is 0.388. The number of aromatic nitrogens is 3. The zero-order chi connectivity index (χ0) is 11.4. The van der Waals surface area contributed by atoms with Crippen LogP contribution in [0.1, 0.15) is 17.4 Å². The maximum Gasteiger partial charge on any atom is 0.223 e. The van der Waals surface area contributed by atoms with E-state index in [-0.39, 0.29) is 0 Å². The standard InChI is InChI=1S/C10H9N5O/c1-7-13-10(15-16-7)6-12-9-4-2-3-8(5-11)14-9/h2-4H,6H2,1H3,(H,12,14). The molecule has 16 heavy (non-hydrogen) atoms. The Hall–Kier alpha value is -2.42. The molecule has 2 heterocycles. The van der Waals surface area contributed by atoms with Gasteiger partial charge in [-0.1, -0.05) is 11.2 Å². The van der Waals surface area contributed by atoms with Crippen LogP contribution in [-0.2, 0) is 6.54 Å².